The van der Waals surface area contributed by atoms with Crippen molar-refractivity contribution in [1.29, 1.82) is 0 Å². The van der Waals surface area contributed by atoms with E-state index in [9.17, 15) is 4.79 Å². The van der Waals surface area contributed by atoms with Gasteiger partial charge in [0.25, 0.3) is 5.91 Å². The number of rotatable bonds is 6. The maximum Gasteiger partial charge on any atom is 0.276 e. The van der Waals surface area contributed by atoms with Crippen LogP contribution < -0.4 is 5.32 Å². The van der Waals surface area contributed by atoms with Crippen molar-refractivity contribution in [3.8, 4) is 5.69 Å². The number of carbonyl (C=O) groups is 1. The number of hydrogen-bond acceptors (Lipinski definition) is 4. The maximum absolute atomic E-state index is 13.0. The molecule has 2 aromatic rings. The summed E-state index contributed by atoms with van der Waals surface area (Å²) in [6.45, 7) is 4.63. The van der Waals surface area contributed by atoms with Gasteiger partial charge in [-0.3, -0.25) is 4.79 Å². The first-order valence-corrected chi connectivity index (χ1v) is 9.66. The van der Waals surface area contributed by atoms with Gasteiger partial charge in [0.2, 0.25) is 0 Å². The van der Waals surface area contributed by atoms with Crippen LogP contribution in [0.5, 0.6) is 0 Å². The standard InChI is InChI=1S/C19H26ClN5O/c1-3-17-18(22-23-25(17)16-6-4-5-15(20)13-16)19(26)24-11-8-14(9-12-24)7-10-21-2/h4-6,13-14,21H,3,7-12H2,1-2H3. The van der Waals surface area contributed by atoms with E-state index < -0.39 is 0 Å². The lowest BCUT2D eigenvalue weighted by Gasteiger charge is -2.31. The Kier molecular flexibility index (Phi) is 6.27. The molecular formula is C19H26ClN5O. The molecule has 0 radical (unpaired) electrons. The number of nitrogens with one attached hydrogen (secondary N) is 1. The summed E-state index contributed by atoms with van der Waals surface area (Å²) in [5, 5.41) is 12.3. The van der Waals surface area contributed by atoms with E-state index in [0.29, 0.717) is 23.1 Å². The highest BCUT2D eigenvalue weighted by Gasteiger charge is 2.28. The van der Waals surface area contributed by atoms with Crippen molar-refractivity contribution in [2.24, 2.45) is 5.92 Å². The zero-order valence-electron chi connectivity index (χ0n) is 15.4. The molecule has 1 amide bonds. The van der Waals surface area contributed by atoms with Crippen LogP contribution in [0.4, 0.5) is 0 Å². The predicted molar refractivity (Wildman–Crippen MR) is 103 cm³/mol. The van der Waals surface area contributed by atoms with E-state index in [0.717, 1.165) is 43.9 Å². The Balaban J connectivity index is 1.74. The van der Waals surface area contributed by atoms with E-state index in [2.05, 4.69) is 15.6 Å². The van der Waals surface area contributed by atoms with Gasteiger partial charge in [-0.2, -0.15) is 0 Å². The molecule has 26 heavy (non-hydrogen) atoms. The highest BCUT2D eigenvalue weighted by Crippen LogP contribution is 2.23. The molecule has 1 N–H and O–H groups in total. The lowest BCUT2D eigenvalue weighted by atomic mass is 9.93. The van der Waals surface area contributed by atoms with Crippen molar-refractivity contribution >= 4 is 17.5 Å². The van der Waals surface area contributed by atoms with Crippen LogP contribution in [0, 0.1) is 5.92 Å². The molecule has 3 rings (SSSR count). The van der Waals surface area contributed by atoms with Crippen molar-refractivity contribution in [3.05, 3.63) is 40.7 Å². The number of carbonyl (C=O) groups excluding carboxylic acids is 1. The van der Waals surface area contributed by atoms with E-state index >= 15 is 0 Å². The fourth-order valence-corrected chi connectivity index (χ4v) is 3.71. The van der Waals surface area contributed by atoms with Crippen molar-refractivity contribution < 1.29 is 4.79 Å². The third-order valence-corrected chi connectivity index (χ3v) is 5.29. The molecule has 2 heterocycles. The van der Waals surface area contributed by atoms with Gasteiger partial charge in [-0.25, -0.2) is 4.68 Å². The van der Waals surface area contributed by atoms with Gasteiger partial charge in [0.15, 0.2) is 5.69 Å². The molecule has 1 aromatic carbocycles. The molecule has 140 valence electrons. The summed E-state index contributed by atoms with van der Waals surface area (Å²) >= 11 is 6.09. The molecule has 0 saturated carbocycles. The summed E-state index contributed by atoms with van der Waals surface area (Å²) in [5.41, 5.74) is 2.11. The van der Waals surface area contributed by atoms with Crippen molar-refractivity contribution in [2.45, 2.75) is 32.6 Å². The van der Waals surface area contributed by atoms with Crippen molar-refractivity contribution in [3.63, 3.8) is 0 Å². The molecule has 0 aliphatic carbocycles. The third-order valence-electron chi connectivity index (χ3n) is 5.06. The van der Waals surface area contributed by atoms with E-state index in [1.165, 1.54) is 6.42 Å². The third kappa shape index (κ3) is 4.07. The molecule has 1 aromatic heterocycles. The molecule has 1 saturated heterocycles. The quantitative estimate of drug-likeness (QED) is 0.843. The number of nitrogens with zero attached hydrogens (tertiary/aromatic N) is 4. The second kappa shape index (κ2) is 8.64. The van der Waals surface area contributed by atoms with Crippen LogP contribution in [0.3, 0.4) is 0 Å². The Labute approximate surface area is 159 Å². The minimum absolute atomic E-state index is 0.0119. The fraction of sp³-hybridized carbons (Fsp3) is 0.526. The molecule has 0 spiro atoms. The zero-order chi connectivity index (χ0) is 18.5. The Morgan fingerprint density at radius 2 is 2.12 bits per heavy atom. The Morgan fingerprint density at radius 1 is 1.35 bits per heavy atom. The van der Waals surface area contributed by atoms with Crippen LogP contribution in [0.1, 0.15) is 42.4 Å². The lowest BCUT2D eigenvalue weighted by Crippen LogP contribution is -2.39. The smallest absolute Gasteiger partial charge is 0.276 e. The van der Waals surface area contributed by atoms with Crippen LogP contribution in [0.15, 0.2) is 24.3 Å². The van der Waals surface area contributed by atoms with Gasteiger partial charge >= 0.3 is 0 Å². The molecule has 0 unspecified atom stereocenters. The number of aromatic nitrogens is 3. The largest absolute Gasteiger partial charge is 0.337 e. The first kappa shape index (κ1) is 18.9. The lowest BCUT2D eigenvalue weighted by molar-refractivity contribution is 0.0680. The summed E-state index contributed by atoms with van der Waals surface area (Å²) in [6, 6.07) is 7.44. The molecule has 0 atom stereocenters. The minimum Gasteiger partial charge on any atom is -0.337 e. The van der Waals surface area contributed by atoms with Gasteiger partial charge in [-0.1, -0.05) is 29.8 Å². The van der Waals surface area contributed by atoms with E-state index in [4.69, 9.17) is 11.6 Å². The van der Waals surface area contributed by atoms with Gasteiger partial charge in [0.1, 0.15) is 0 Å². The monoisotopic (exact) mass is 375 g/mol. The van der Waals surface area contributed by atoms with Gasteiger partial charge in [0.05, 0.1) is 11.4 Å². The van der Waals surface area contributed by atoms with Gasteiger partial charge in [-0.15, -0.1) is 5.10 Å². The normalized spacial score (nSPS) is 15.4. The van der Waals surface area contributed by atoms with Crippen molar-refractivity contribution in [2.75, 3.05) is 26.7 Å². The minimum atomic E-state index is -0.0119. The van der Waals surface area contributed by atoms with E-state index in [-0.39, 0.29) is 5.91 Å². The predicted octanol–water partition coefficient (Wildman–Crippen LogP) is 2.94. The Morgan fingerprint density at radius 3 is 2.77 bits per heavy atom. The highest BCUT2D eigenvalue weighted by molar-refractivity contribution is 6.30. The fourth-order valence-electron chi connectivity index (χ4n) is 3.52. The van der Waals surface area contributed by atoms with Crippen LogP contribution >= 0.6 is 11.6 Å². The molecule has 6 nitrogen and oxygen atoms in total. The van der Waals surface area contributed by atoms with Gasteiger partial charge in [-0.05, 0) is 63.4 Å². The van der Waals surface area contributed by atoms with Gasteiger partial charge < -0.3 is 10.2 Å². The second-order valence-electron chi connectivity index (χ2n) is 6.76. The number of likely N-dealkylation sites (tertiary alicyclic amines) is 1. The molecule has 7 heteroatoms. The number of piperidine rings is 1. The molecule has 1 aliphatic heterocycles. The summed E-state index contributed by atoms with van der Waals surface area (Å²) in [7, 11) is 1.98. The molecule has 0 bridgehead atoms. The van der Waals surface area contributed by atoms with Crippen LogP contribution in [0.25, 0.3) is 5.69 Å². The first-order valence-electron chi connectivity index (χ1n) is 9.28. The van der Waals surface area contributed by atoms with Gasteiger partial charge in [0, 0.05) is 18.1 Å². The average molecular weight is 376 g/mol. The number of hydrogen-bond donors (Lipinski definition) is 1. The molecule has 1 aliphatic rings. The van der Waals surface area contributed by atoms with E-state index in [1.807, 2.05) is 43.1 Å². The Hall–Kier alpha value is -1.92. The maximum atomic E-state index is 13.0. The Bertz CT molecular complexity index is 752. The first-order chi connectivity index (χ1) is 12.6. The number of amides is 1. The van der Waals surface area contributed by atoms with Crippen LogP contribution in [-0.4, -0.2) is 52.5 Å². The zero-order valence-corrected chi connectivity index (χ0v) is 16.2. The molecular weight excluding hydrogens is 350 g/mol. The second-order valence-corrected chi connectivity index (χ2v) is 7.19. The summed E-state index contributed by atoms with van der Waals surface area (Å²) < 4.78 is 1.72. The summed E-state index contributed by atoms with van der Waals surface area (Å²) in [6.07, 6.45) is 3.96. The molecule has 1 fully saturated rings. The number of halogens is 1. The van der Waals surface area contributed by atoms with E-state index in [1.54, 1.807) is 4.68 Å². The summed E-state index contributed by atoms with van der Waals surface area (Å²) in [4.78, 5) is 14.9. The van der Waals surface area contributed by atoms with Crippen LogP contribution in [0.2, 0.25) is 5.02 Å². The van der Waals surface area contributed by atoms with Crippen LogP contribution in [-0.2, 0) is 6.42 Å². The number of benzene rings is 1. The SMILES string of the molecule is CCc1c(C(=O)N2CCC(CCNC)CC2)nnn1-c1cccc(Cl)c1. The topological polar surface area (TPSA) is 63.1 Å². The summed E-state index contributed by atoms with van der Waals surface area (Å²) in [5.74, 6) is 0.682. The average Bonchev–Trinajstić information content (AvgIpc) is 3.10. The van der Waals surface area contributed by atoms with Crippen molar-refractivity contribution in [1.82, 2.24) is 25.2 Å². The highest BCUT2D eigenvalue weighted by atomic mass is 35.5.